The highest BCUT2D eigenvalue weighted by Crippen LogP contribution is 2.33. The molecule has 0 aromatic heterocycles. The van der Waals surface area contributed by atoms with E-state index in [1.807, 2.05) is 52.0 Å². The number of methoxy groups -OCH3 is 1. The Labute approximate surface area is 140 Å². The smallest absolute Gasteiger partial charge is 0.410 e. The van der Waals surface area contributed by atoms with Gasteiger partial charge in [0.05, 0.1) is 7.11 Å². The number of para-hydroxylation sites is 1. The van der Waals surface area contributed by atoms with Gasteiger partial charge >= 0.3 is 6.09 Å². The summed E-state index contributed by atoms with van der Waals surface area (Å²) in [7, 11) is 1.64. The zero-order valence-corrected chi connectivity index (χ0v) is 15.5. The van der Waals surface area contributed by atoms with Gasteiger partial charge in [0.2, 0.25) is 0 Å². The molecule has 0 aliphatic rings. The van der Waals surface area contributed by atoms with Crippen molar-refractivity contribution in [3.63, 3.8) is 0 Å². The molecule has 0 bridgehead atoms. The lowest BCUT2D eigenvalue weighted by molar-refractivity contribution is 0.0361. The van der Waals surface area contributed by atoms with Gasteiger partial charge < -0.3 is 14.4 Å². The molecule has 0 saturated carbocycles. The second-order valence-electron chi connectivity index (χ2n) is 6.84. The van der Waals surface area contributed by atoms with Crippen LogP contribution in [0, 0.1) is 5.92 Å². The fraction of sp³-hybridized carbons (Fsp3) is 0.632. The van der Waals surface area contributed by atoms with Crippen LogP contribution in [0.3, 0.4) is 0 Å². The van der Waals surface area contributed by atoms with Gasteiger partial charge in [0.1, 0.15) is 11.9 Å². The molecule has 0 heterocycles. The van der Waals surface area contributed by atoms with E-state index in [4.69, 9.17) is 9.47 Å². The normalized spacial score (nSPS) is 12.6. The first-order valence-electron chi connectivity index (χ1n) is 8.39. The van der Waals surface area contributed by atoms with E-state index < -0.39 is 0 Å². The predicted molar refractivity (Wildman–Crippen MR) is 93.8 cm³/mol. The second kappa shape index (κ2) is 8.80. The van der Waals surface area contributed by atoms with Crippen LogP contribution in [0.1, 0.15) is 59.6 Å². The number of carbonyl (C=O) groups excluding carboxylic acids is 1. The molecule has 0 N–H and O–H groups in total. The summed E-state index contributed by atoms with van der Waals surface area (Å²) in [5.74, 6) is 1.16. The van der Waals surface area contributed by atoms with Gasteiger partial charge in [-0.2, -0.15) is 0 Å². The summed E-state index contributed by atoms with van der Waals surface area (Å²) in [6.45, 7) is 12.3. The quantitative estimate of drug-likeness (QED) is 0.706. The molecule has 1 aromatic rings. The van der Waals surface area contributed by atoms with Crippen molar-refractivity contribution in [2.45, 2.75) is 66.2 Å². The van der Waals surface area contributed by atoms with Crippen LogP contribution in [0.25, 0.3) is 0 Å². The van der Waals surface area contributed by atoms with Crippen molar-refractivity contribution in [2.75, 3.05) is 7.11 Å². The first kappa shape index (κ1) is 19.3. The number of ether oxygens (including phenoxy) is 2. The van der Waals surface area contributed by atoms with Crippen LogP contribution < -0.4 is 4.74 Å². The van der Waals surface area contributed by atoms with E-state index in [1.54, 1.807) is 12.0 Å². The van der Waals surface area contributed by atoms with Crippen molar-refractivity contribution in [1.82, 2.24) is 4.90 Å². The summed E-state index contributed by atoms with van der Waals surface area (Å²) < 4.78 is 11.3. The molecule has 0 aliphatic carbocycles. The summed E-state index contributed by atoms with van der Waals surface area (Å²) in [5.41, 5.74) is 0.921. The lowest BCUT2D eigenvalue weighted by Gasteiger charge is -2.32. The maximum absolute atomic E-state index is 12.7. The number of carbonyl (C=O) groups is 1. The fourth-order valence-corrected chi connectivity index (χ4v) is 2.80. The molecular weight excluding hydrogens is 290 g/mol. The van der Waals surface area contributed by atoms with Crippen LogP contribution >= 0.6 is 0 Å². The summed E-state index contributed by atoms with van der Waals surface area (Å²) in [5, 5.41) is 0. The van der Waals surface area contributed by atoms with Crippen molar-refractivity contribution < 1.29 is 14.3 Å². The lowest BCUT2D eigenvalue weighted by Crippen LogP contribution is -2.42. The van der Waals surface area contributed by atoms with Gasteiger partial charge in [0.15, 0.2) is 0 Å². The predicted octanol–water partition coefficient (Wildman–Crippen LogP) is 5.04. The van der Waals surface area contributed by atoms with Gasteiger partial charge in [-0.1, -0.05) is 32.0 Å². The third kappa shape index (κ3) is 5.45. The average molecular weight is 321 g/mol. The number of amides is 1. The van der Waals surface area contributed by atoms with E-state index >= 15 is 0 Å². The molecule has 1 amide bonds. The zero-order chi connectivity index (χ0) is 17.6. The minimum atomic E-state index is -0.307. The Morgan fingerprint density at radius 3 is 2.09 bits per heavy atom. The van der Waals surface area contributed by atoms with Crippen molar-refractivity contribution in [3.8, 4) is 5.75 Å². The number of hydrogen-bond acceptors (Lipinski definition) is 3. The Balaban J connectivity index is 3.05. The van der Waals surface area contributed by atoms with E-state index in [0.29, 0.717) is 5.92 Å². The fourth-order valence-electron chi connectivity index (χ4n) is 2.80. The van der Waals surface area contributed by atoms with Gasteiger partial charge in [-0.15, -0.1) is 0 Å². The number of rotatable bonds is 7. The Bertz CT molecular complexity index is 489. The highest BCUT2D eigenvalue weighted by molar-refractivity contribution is 5.68. The van der Waals surface area contributed by atoms with Gasteiger partial charge in [-0.05, 0) is 46.1 Å². The molecule has 130 valence electrons. The zero-order valence-electron chi connectivity index (χ0n) is 15.5. The largest absolute Gasteiger partial charge is 0.496 e. The first-order valence-corrected chi connectivity index (χ1v) is 8.39. The Kier molecular flexibility index (Phi) is 7.40. The molecule has 0 aliphatic heterocycles. The Morgan fingerprint density at radius 1 is 1.04 bits per heavy atom. The van der Waals surface area contributed by atoms with E-state index in [0.717, 1.165) is 17.7 Å². The molecule has 0 unspecified atom stereocenters. The van der Waals surface area contributed by atoms with Gasteiger partial charge in [-0.25, -0.2) is 4.79 Å². The van der Waals surface area contributed by atoms with Gasteiger partial charge in [-0.3, -0.25) is 0 Å². The maximum Gasteiger partial charge on any atom is 0.410 e. The summed E-state index contributed by atoms with van der Waals surface area (Å²) in [6, 6.07) is 7.93. The molecule has 0 spiro atoms. The molecule has 4 heteroatoms. The van der Waals surface area contributed by atoms with Crippen LogP contribution in [-0.4, -0.2) is 30.2 Å². The van der Waals surface area contributed by atoms with Crippen molar-refractivity contribution in [1.29, 1.82) is 0 Å². The summed E-state index contributed by atoms with van der Waals surface area (Å²) in [6.07, 6.45) is 0.182. The summed E-state index contributed by atoms with van der Waals surface area (Å²) >= 11 is 0. The van der Waals surface area contributed by atoms with E-state index in [-0.39, 0.29) is 24.3 Å². The molecule has 1 atom stereocenters. The lowest BCUT2D eigenvalue weighted by atomic mass is 9.98. The SMILES string of the molecule is COc1ccccc1[C@@H](CC(C)C)OC(=O)N(C(C)C)C(C)C. The first-order chi connectivity index (χ1) is 10.8. The van der Waals surface area contributed by atoms with E-state index in [1.165, 1.54) is 0 Å². The van der Waals surface area contributed by atoms with Gasteiger partial charge in [0.25, 0.3) is 0 Å². The standard InChI is InChI=1S/C19H31NO3/c1-13(2)12-18(16-10-8-9-11-17(16)22-7)23-19(21)20(14(3)4)15(5)6/h8-11,13-15,18H,12H2,1-7H3/t18-/m1/s1. The van der Waals surface area contributed by atoms with Gasteiger partial charge in [0, 0.05) is 17.6 Å². The number of benzene rings is 1. The van der Waals surface area contributed by atoms with E-state index in [9.17, 15) is 4.79 Å². The summed E-state index contributed by atoms with van der Waals surface area (Å²) in [4.78, 5) is 14.4. The third-order valence-electron chi connectivity index (χ3n) is 3.74. The monoisotopic (exact) mass is 321 g/mol. The van der Waals surface area contributed by atoms with Crippen molar-refractivity contribution >= 4 is 6.09 Å². The van der Waals surface area contributed by atoms with Crippen molar-refractivity contribution in [3.05, 3.63) is 29.8 Å². The minimum absolute atomic E-state index is 0.0971. The highest BCUT2D eigenvalue weighted by atomic mass is 16.6. The maximum atomic E-state index is 12.7. The molecule has 1 aromatic carbocycles. The molecule has 0 saturated heterocycles. The third-order valence-corrected chi connectivity index (χ3v) is 3.74. The molecule has 1 rings (SSSR count). The minimum Gasteiger partial charge on any atom is -0.496 e. The van der Waals surface area contributed by atoms with Crippen LogP contribution in [0.5, 0.6) is 5.75 Å². The van der Waals surface area contributed by atoms with E-state index in [2.05, 4.69) is 13.8 Å². The highest BCUT2D eigenvalue weighted by Gasteiger charge is 2.27. The van der Waals surface area contributed by atoms with Crippen LogP contribution in [0.2, 0.25) is 0 Å². The Morgan fingerprint density at radius 2 is 1.61 bits per heavy atom. The van der Waals surface area contributed by atoms with Crippen LogP contribution in [-0.2, 0) is 4.74 Å². The molecular formula is C19H31NO3. The Hall–Kier alpha value is -1.71. The molecule has 0 fully saturated rings. The van der Waals surface area contributed by atoms with Crippen LogP contribution in [0.4, 0.5) is 4.79 Å². The topological polar surface area (TPSA) is 38.8 Å². The second-order valence-corrected chi connectivity index (χ2v) is 6.84. The van der Waals surface area contributed by atoms with Crippen LogP contribution in [0.15, 0.2) is 24.3 Å². The van der Waals surface area contributed by atoms with Crippen molar-refractivity contribution in [2.24, 2.45) is 5.92 Å². The average Bonchev–Trinajstić information content (AvgIpc) is 2.45. The number of hydrogen-bond donors (Lipinski definition) is 0. The molecule has 0 radical (unpaired) electrons. The number of nitrogens with zero attached hydrogens (tertiary/aromatic N) is 1. The molecule has 4 nitrogen and oxygen atoms in total. The molecule has 23 heavy (non-hydrogen) atoms.